The van der Waals surface area contributed by atoms with Crippen LogP contribution in [0.3, 0.4) is 0 Å². The summed E-state index contributed by atoms with van der Waals surface area (Å²) >= 11 is 1.59. The van der Waals surface area contributed by atoms with Crippen LogP contribution in [0.2, 0.25) is 0 Å². The summed E-state index contributed by atoms with van der Waals surface area (Å²) in [4.78, 5) is 5.33. The fourth-order valence-electron chi connectivity index (χ4n) is 1.76. The van der Waals surface area contributed by atoms with Crippen LogP contribution in [0.5, 0.6) is 5.75 Å². The first-order valence-corrected chi connectivity index (χ1v) is 6.32. The van der Waals surface area contributed by atoms with Crippen molar-refractivity contribution in [2.45, 2.75) is 20.3 Å². The van der Waals surface area contributed by atoms with Gasteiger partial charge in [0.2, 0.25) is 0 Å². The van der Waals surface area contributed by atoms with Gasteiger partial charge in [0.15, 0.2) is 0 Å². The summed E-state index contributed by atoms with van der Waals surface area (Å²) in [6.07, 6.45) is 0.716. The maximum absolute atomic E-state index is 9.97. The normalized spacial score (nSPS) is 10.5. The molecule has 0 saturated carbocycles. The molecule has 0 aliphatic rings. The van der Waals surface area contributed by atoms with E-state index >= 15 is 0 Å². The third kappa shape index (κ3) is 2.56. The second-order valence-corrected chi connectivity index (χ2v) is 5.10. The number of rotatable bonds is 3. The van der Waals surface area contributed by atoms with Gasteiger partial charge in [-0.1, -0.05) is 24.3 Å². The Hall–Kier alpha value is -1.61. The molecule has 0 fully saturated rings. The Morgan fingerprint density at radius 3 is 2.76 bits per heavy atom. The highest BCUT2D eigenvalue weighted by atomic mass is 32.1. The third-order valence-corrected chi connectivity index (χ3v) is 3.56. The SMILES string of the molecule is C=C(C)Cc1ccc(-c2scnc2C)cc1O. The summed E-state index contributed by atoms with van der Waals surface area (Å²) in [5.74, 6) is 0.332. The lowest BCUT2D eigenvalue weighted by Crippen LogP contribution is -1.87. The van der Waals surface area contributed by atoms with Crippen molar-refractivity contribution < 1.29 is 5.11 Å². The van der Waals surface area contributed by atoms with Crippen LogP contribution in [0.25, 0.3) is 10.4 Å². The maximum Gasteiger partial charge on any atom is 0.119 e. The lowest BCUT2D eigenvalue weighted by molar-refractivity contribution is 0.469. The number of nitrogens with zero attached hydrogens (tertiary/aromatic N) is 1. The van der Waals surface area contributed by atoms with E-state index in [1.165, 1.54) is 0 Å². The highest BCUT2D eigenvalue weighted by Gasteiger charge is 2.08. The van der Waals surface area contributed by atoms with Crippen LogP contribution in [0.15, 0.2) is 35.9 Å². The number of aromatic hydroxyl groups is 1. The third-order valence-electron chi connectivity index (χ3n) is 2.59. The Kier molecular flexibility index (Phi) is 3.29. The largest absolute Gasteiger partial charge is 0.508 e. The topological polar surface area (TPSA) is 33.1 Å². The van der Waals surface area contributed by atoms with Crippen LogP contribution in [0.1, 0.15) is 18.2 Å². The van der Waals surface area contributed by atoms with E-state index in [0.717, 1.165) is 27.3 Å². The van der Waals surface area contributed by atoms with Gasteiger partial charge in [0.1, 0.15) is 5.75 Å². The zero-order valence-electron chi connectivity index (χ0n) is 10.0. The molecule has 2 rings (SSSR count). The molecule has 1 N–H and O–H groups in total. The van der Waals surface area contributed by atoms with E-state index < -0.39 is 0 Å². The molecule has 2 nitrogen and oxygen atoms in total. The number of thiazole rings is 1. The van der Waals surface area contributed by atoms with Crippen molar-refractivity contribution in [2.75, 3.05) is 0 Å². The standard InChI is InChI=1S/C14H15NOS/c1-9(2)6-11-4-5-12(7-13(11)16)14-10(3)15-8-17-14/h4-5,7-8,16H,1,6H2,2-3H3. The summed E-state index contributed by atoms with van der Waals surface area (Å²) in [5, 5.41) is 9.97. The Morgan fingerprint density at radius 2 is 2.24 bits per heavy atom. The number of aromatic nitrogens is 1. The molecule has 1 heterocycles. The number of phenols is 1. The highest BCUT2D eigenvalue weighted by Crippen LogP contribution is 2.31. The molecule has 17 heavy (non-hydrogen) atoms. The number of aryl methyl sites for hydroxylation is 1. The van der Waals surface area contributed by atoms with Gasteiger partial charge >= 0.3 is 0 Å². The molecule has 0 aliphatic carbocycles. The molecule has 0 aliphatic heterocycles. The monoisotopic (exact) mass is 245 g/mol. The molecule has 1 aromatic heterocycles. The summed E-state index contributed by atoms with van der Waals surface area (Å²) < 4.78 is 0. The molecule has 2 aromatic rings. The van der Waals surface area contributed by atoms with Crippen LogP contribution in [0.4, 0.5) is 0 Å². The number of benzene rings is 1. The van der Waals surface area contributed by atoms with Gasteiger partial charge in [0, 0.05) is 0 Å². The molecule has 3 heteroatoms. The second-order valence-electron chi connectivity index (χ2n) is 4.24. The van der Waals surface area contributed by atoms with Crippen LogP contribution in [-0.4, -0.2) is 10.1 Å². The molecule has 1 aromatic carbocycles. The van der Waals surface area contributed by atoms with Gasteiger partial charge in [-0.25, -0.2) is 4.98 Å². The van der Waals surface area contributed by atoms with Crippen molar-refractivity contribution in [1.29, 1.82) is 0 Å². The Morgan fingerprint density at radius 1 is 1.47 bits per heavy atom. The Labute approximate surface area is 105 Å². The summed E-state index contributed by atoms with van der Waals surface area (Å²) in [6, 6.07) is 5.79. The summed E-state index contributed by atoms with van der Waals surface area (Å²) in [7, 11) is 0. The first-order chi connectivity index (χ1) is 8.08. The predicted molar refractivity (Wildman–Crippen MR) is 72.5 cm³/mol. The van der Waals surface area contributed by atoms with E-state index in [2.05, 4.69) is 11.6 Å². The van der Waals surface area contributed by atoms with Gasteiger partial charge in [-0.15, -0.1) is 11.3 Å². The van der Waals surface area contributed by atoms with Crippen molar-refractivity contribution in [2.24, 2.45) is 0 Å². The van der Waals surface area contributed by atoms with Crippen molar-refractivity contribution >= 4 is 11.3 Å². The van der Waals surface area contributed by atoms with Gasteiger partial charge in [0.05, 0.1) is 16.1 Å². The van der Waals surface area contributed by atoms with Crippen LogP contribution in [-0.2, 0) is 6.42 Å². The summed E-state index contributed by atoms with van der Waals surface area (Å²) in [6.45, 7) is 7.79. The van der Waals surface area contributed by atoms with E-state index in [4.69, 9.17) is 0 Å². The minimum absolute atomic E-state index is 0.332. The molecular formula is C14H15NOS. The zero-order chi connectivity index (χ0) is 12.4. The van der Waals surface area contributed by atoms with Crippen molar-refractivity contribution in [3.8, 4) is 16.2 Å². The van der Waals surface area contributed by atoms with Crippen LogP contribution in [0, 0.1) is 6.92 Å². The number of phenolic OH excluding ortho intramolecular Hbond substituents is 1. The molecular weight excluding hydrogens is 230 g/mol. The molecule has 0 atom stereocenters. The first kappa shape index (κ1) is 11.9. The second kappa shape index (κ2) is 4.72. The first-order valence-electron chi connectivity index (χ1n) is 5.44. The van der Waals surface area contributed by atoms with Gasteiger partial charge in [-0.3, -0.25) is 0 Å². The minimum atomic E-state index is 0.332. The summed E-state index contributed by atoms with van der Waals surface area (Å²) in [5.41, 5.74) is 5.81. The van der Waals surface area contributed by atoms with E-state index in [9.17, 15) is 5.11 Å². The molecule has 0 saturated heterocycles. The lowest BCUT2D eigenvalue weighted by Gasteiger charge is -2.06. The quantitative estimate of drug-likeness (QED) is 0.831. The van der Waals surface area contributed by atoms with Crippen LogP contribution < -0.4 is 0 Å². The smallest absolute Gasteiger partial charge is 0.119 e. The Bertz CT molecular complexity index is 557. The van der Waals surface area contributed by atoms with E-state index in [1.54, 1.807) is 17.4 Å². The zero-order valence-corrected chi connectivity index (χ0v) is 10.8. The van der Waals surface area contributed by atoms with E-state index in [-0.39, 0.29) is 0 Å². The van der Waals surface area contributed by atoms with Gasteiger partial charge in [0.25, 0.3) is 0 Å². The van der Waals surface area contributed by atoms with Crippen molar-refractivity contribution in [3.63, 3.8) is 0 Å². The number of allylic oxidation sites excluding steroid dienone is 1. The maximum atomic E-state index is 9.97. The molecule has 88 valence electrons. The fourth-order valence-corrected chi connectivity index (χ4v) is 2.56. The molecule has 0 bridgehead atoms. The number of hydrogen-bond donors (Lipinski definition) is 1. The molecule has 0 spiro atoms. The number of hydrogen-bond acceptors (Lipinski definition) is 3. The van der Waals surface area contributed by atoms with Gasteiger partial charge in [-0.05, 0) is 37.5 Å². The van der Waals surface area contributed by atoms with Crippen molar-refractivity contribution in [1.82, 2.24) is 4.98 Å². The minimum Gasteiger partial charge on any atom is -0.508 e. The van der Waals surface area contributed by atoms with Gasteiger partial charge in [-0.2, -0.15) is 0 Å². The molecule has 0 unspecified atom stereocenters. The van der Waals surface area contributed by atoms with Crippen LogP contribution >= 0.6 is 11.3 Å². The Balaban J connectivity index is 2.37. The fraction of sp³-hybridized carbons (Fsp3) is 0.214. The molecule has 0 amide bonds. The average Bonchev–Trinajstić information content (AvgIpc) is 2.67. The lowest BCUT2D eigenvalue weighted by atomic mass is 10.0. The van der Waals surface area contributed by atoms with Crippen molar-refractivity contribution in [3.05, 3.63) is 47.1 Å². The highest BCUT2D eigenvalue weighted by molar-refractivity contribution is 7.13. The average molecular weight is 245 g/mol. The van der Waals surface area contributed by atoms with E-state index in [0.29, 0.717) is 12.2 Å². The molecule has 0 radical (unpaired) electrons. The van der Waals surface area contributed by atoms with E-state index in [1.807, 2.05) is 31.5 Å². The van der Waals surface area contributed by atoms with Gasteiger partial charge < -0.3 is 5.11 Å². The predicted octanol–water partition coefficient (Wildman–Crippen LogP) is 3.94.